The number of hydrogen-bond donors (Lipinski definition) is 0. The topological polar surface area (TPSA) is 44.0 Å². The number of nitrogens with zero attached hydrogens (tertiary/aromatic N) is 2. The molecule has 8 heteroatoms. The van der Waals surface area contributed by atoms with Crippen LogP contribution in [-0.2, 0) is 9.13 Å². The molecule has 0 N–H and O–H groups in total. The zero-order valence-electron chi connectivity index (χ0n) is 33.1. The third kappa shape index (κ3) is 4.84. The Kier molecular flexibility index (Phi) is 8.00. The van der Waals surface area contributed by atoms with E-state index < -0.39 is 14.3 Å². The van der Waals surface area contributed by atoms with E-state index in [1.165, 1.54) is 0 Å². The van der Waals surface area contributed by atoms with E-state index in [0.717, 1.165) is 106 Å². The van der Waals surface area contributed by atoms with Gasteiger partial charge in [0.2, 0.25) is 0 Å². The summed E-state index contributed by atoms with van der Waals surface area (Å²) in [5.74, 6) is 0. The molecular weight excluding hydrogens is 835 g/mol. The summed E-state index contributed by atoms with van der Waals surface area (Å²) in [7, 11) is -7.57. The summed E-state index contributed by atoms with van der Waals surface area (Å²) in [6.07, 6.45) is 0. The zero-order valence-corrected chi connectivity index (χ0v) is 36.5. The first kappa shape index (κ1) is 36.4. The normalized spacial score (nSPS) is 14.7. The fourth-order valence-corrected chi connectivity index (χ4v) is 20.3. The minimum Gasteiger partial charge on any atom is -0.308 e. The number of rotatable bonds is 4. The van der Waals surface area contributed by atoms with Crippen molar-refractivity contribution >= 4 is 113 Å². The molecule has 0 bridgehead atoms. The van der Waals surface area contributed by atoms with Crippen LogP contribution in [0, 0.1) is 0 Å². The smallest absolute Gasteiger partial charge is 0.176 e. The molecule has 2 aliphatic rings. The first-order valence-electron chi connectivity index (χ1n) is 20.7. The third-order valence-electron chi connectivity index (χ3n) is 12.6. The Morgan fingerprint density at radius 1 is 0.323 bits per heavy atom. The highest BCUT2D eigenvalue weighted by Crippen LogP contribution is 2.60. The lowest BCUT2D eigenvalue weighted by atomic mass is 10.1. The van der Waals surface area contributed by atoms with Crippen molar-refractivity contribution in [1.29, 1.82) is 0 Å². The summed E-state index contributed by atoms with van der Waals surface area (Å²) >= 11 is 3.36. The maximum atomic E-state index is 17.8. The monoisotopic (exact) mass is 868 g/mol. The maximum Gasteiger partial charge on any atom is 0.176 e. The number of para-hydroxylation sites is 4. The van der Waals surface area contributed by atoms with Crippen molar-refractivity contribution < 1.29 is 9.13 Å². The summed E-state index contributed by atoms with van der Waals surface area (Å²) in [6, 6.07) is 70.8. The molecule has 0 spiro atoms. The SMILES string of the molecule is O=P1(c2c3c4ccccc4n(-c4ccccc4)c3c(P3(=O)c4ccccc4Sc4ccccc43)c3c4ccccc4n(-c4ccccc4)c23)c2ccccc2Sc2ccccc21. The van der Waals surface area contributed by atoms with Crippen molar-refractivity contribution in [2.75, 3.05) is 0 Å². The lowest BCUT2D eigenvalue weighted by Crippen LogP contribution is -2.35. The molecule has 0 saturated carbocycles. The predicted octanol–water partition coefficient (Wildman–Crippen LogP) is 12.1. The molecular formula is C54H34N2O2P2S2. The molecule has 11 aromatic rings. The highest BCUT2D eigenvalue weighted by molar-refractivity contribution is 8.03. The maximum absolute atomic E-state index is 17.8. The molecule has 0 saturated heterocycles. The van der Waals surface area contributed by atoms with Crippen LogP contribution in [0.3, 0.4) is 0 Å². The molecule has 0 fully saturated rings. The van der Waals surface area contributed by atoms with Crippen LogP contribution in [0.25, 0.3) is 55.0 Å². The van der Waals surface area contributed by atoms with Crippen molar-refractivity contribution in [3.05, 3.63) is 206 Å². The molecule has 2 aliphatic heterocycles. The summed E-state index contributed by atoms with van der Waals surface area (Å²) in [6.45, 7) is 0. The Hall–Kier alpha value is -6.26. The third-order valence-corrected chi connectivity index (χ3v) is 21.9. The van der Waals surface area contributed by atoms with Gasteiger partial charge in [0.25, 0.3) is 0 Å². The minimum atomic E-state index is -3.79. The summed E-state index contributed by atoms with van der Waals surface area (Å²) in [4.78, 5) is 3.92. The van der Waals surface area contributed by atoms with Crippen LogP contribution in [-0.4, -0.2) is 9.13 Å². The molecule has 0 unspecified atom stereocenters. The van der Waals surface area contributed by atoms with Crippen LogP contribution in [0.15, 0.2) is 226 Å². The van der Waals surface area contributed by atoms with Gasteiger partial charge in [0, 0.05) is 73.7 Å². The standard InChI is InChI=1S/C54H34N2O2P2S2/c57-59(41-27-11-15-31-45(41)61-46-32-16-12-28-42(46)59)53-50-38-24-8-10-26-40(38)56(36-21-5-2-6-22-36)52(50)54(60(58)43-29-13-17-33-47(43)62-48-34-18-14-30-44(48)60)49-37-23-7-9-25-39(37)55(51(49)53)35-19-3-1-4-20-35/h1-34H. The van der Waals surface area contributed by atoms with Gasteiger partial charge in [-0.25, -0.2) is 0 Å². The Morgan fingerprint density at radius 2 is 0.613 bits per heavy atom. The fraction of sp³-hybridized carbons (Fsp3) is 0. The molecule has 0 radical (unpaired) electrons. The van der Waals surface area contributed by atoms with Gasteiger partial charge in [-0.1, -0.05) is 145 Å². The van der Waals surface area contributed by atoms with E-state index in [9.17, 15) is 0 Å². The van der Waals surface area contributed by atoms with Gasteiger partial charge in [0.15, 0.2) is 14.3 Å². The molecule has 4 nitrogen and oxygen atoms in total. The van der Waals surface area contributed by atoms with E-state index in [1.807, 2.05) is 60.7 Å². The number of fused-ring (bicyclic) bond motifs is 10. The quantitative estimate of drug-likeness (QED) is 0.165. The lowest BCUT2D eigenvalue weighted by molar-refractivity contribution is 0.591. The van der Waals surface area contributed by atoms with Gasteiger partial charge < -0.3 is 18.3 Å². The van der Waals surface area contributed by atoms with Gasteiger partial charge in [0.05, 0.1) is 32.7 Å². The van der Waals surface area contributed by atoms with Gasteiger partial charge in [-0.3, -0.25) is 0 Å². The van der Waals surface area contributed by atoms with Crippen LogP contribution in [0.1, 0.15) is 0 Å². The van der Waals surface area contributed by atoms with E-state index in [4.69, 9.17) is 0 Å². The second-order valence-electron chi connectivity index (χ2n) is 15.8. The highest BCUT2D eigenvalue weighted by atomic mass is 32.2. The van der Waals surface area contributed by atoms with Crippen molar-refractivity contribution in [1.82, 2.24) is 9.13 Å². The number of benzene rings is 9. The second kappa shape index (κ2) is 13.6. The van der Waals surface area contributed by atoms with Crippen LogP contribution in [0.5, 0.6) is 0 Å². The first-order chi connectivity index (χ1) is 30.6. The van der Waals surface area contributed by atoms with Gasteiger partial charge in [-0.2, -0.15) is 0 Å². The summed E-state index contributed by atoms with van der Waals surface area (Å²) < 4.78 is 40.3. The molecule has 9 aromatic carbocycles. The van der Waals surface area contributed by atoms with E-state index in [0.29, 0.717) is 0 Å². The second-order valence-corrected chi connectivity index (χ2v) is 23.2. The molecule has 0 aliphatic carbocycles. The van der Waals surface area contributed by atoms with Crippen LogP contribution in [0.2, 0.25) is 0 Å². The largest absolute Gasteiger partial charge is 0.308 e. The van der Waals surface area contributed by atoms with Crippen LogP contribution in [0.4, 0.5) is 0 Å². The summed E-state index contributed by atoms with van der Waals surface area (Å²) in [5, 5.41) is 8.41. The molecule has 4 heterocycles. The Morgan fingerprint density at radius 3 is 0.968 bits per heavy atom. The molecule has 294 valence electrons. The fourth-order valence-electron chi connectivity index (χ4n) is 10.1. The van der Waals surface area contributed by atoms with E-state index in [-0.39, 0.29) is 0 Å². The van der Waals surface area contributed by atoms with E-state index >= 15 is 9.13 Å². The first-order valence-corrected chi connectivity index (χ1v) is 25.7. The Labute approximate surface area is 366 Å². The van der Waals surface area contributed by atoms with Crippen LogP contribution >= 0.6 is 37.8 Å². The van der Waals surface area contributed by atoms with Crippen molar-refractivity contribution in [2.45, 2.75) is 19.6 Å². The Balaban J connectivity index is 1.41. The van der Waals surface area contributed by atoms with Gasteiger partial charge in [-0.15, -0.1) is 0 Å². The predicted molar refractivity (Wildman–Crippen MR) is 262 cm³/mol. The minimum absolute atomic E-state index is 0.761. The molecule has 62 heavy (non-hydrogen) atoms. The van der Waals surface area contributed by atoms with Crippen LogP contribution < -0.4 is 31.8 Å². The molecule has 13 rings (SSSR count). The average molecular weight is 869 g/mol. The molecule has 0 atom stereocenters. The molecule has 0 amide bonds. The lowest BCUT2D eigenvalue weighted by Gasteiger charge is -2.33. The van der Waals surface area contributed by atoms with Crippen molar-refractivity contribution in [3.8, 4) is 11.4 Å². The van der Waals surface area contributed by atoms with Gasteiger partial charge in [0.1, 0.15) is 0 Å². The zero-order chi connectivity index (χ0) is 41.2. The van der Waals surface area contributed by atoms with E-state index in [1.54, 1.807) is 23.5 Å². The summed E-state index contributed by atoms with van der Waals surface area (Å²) in [5.41, 5.74) is 5.43. The molecule has 2 aromatic heterocycles. The van der Waals surface area contributed by atoms with Gasteiger partial charge in [-0.05, 0) is 84.9 Å². The Bertz CT molecular complexity index is 3430. The van der Waals surface area contributed by atoms with Crippen molar-refractivity contribution in [2.24, 2.45) is 0 Å². The average Bonchev–Trinajstić information content (AvgIpc) is 3.85. The van der Waals surface area contributed by atoms with Gasteiger partial charge >= 0.3 is 0 Å². The number of aromatic nitrogens is 2. The highest BCUT2D eigenvalue weighted by Gasteiger charge is 2.47. The van der Waals surface area contributed by atoms with E-state index in [2.05, 4.69) is 155 Å². The van der Waals surface area contributed by atoms with Crippen molar-refractivity contribution in [3.63, 3.8) is 0 Å². The number of hydrogen-bond acceptors (Lipinski definition) is 4.